The van der Waals surface area contributed by atoms with E-state index in [9.17, 15) is 4.79 Å². The van der Waals surface area contributed by atoms with Crippen LogP contribution in [-0.4, -0.2) is 50.4 Å². The second-order valence-electron chi connectivity index (χ2n) is 7.31. The van der Waals surface area contributed by atoms with E-state index in [1.54, 1.807) is 4.90 Å². The molecule has 2 aliphatic rings. The van der Waals surface area contributed by atoms with Crippen molar-refractivity contribution in [3.05, 3.63) is 29.8 Å². The maximum atomic E-state index is 12.3. The quantitative estimate of drug-likeness (QED) is 0.807. The molecule has 0 bridgehead atoms. The Morgan fingerprint density at radius 2 is 2.14 bits per heavy atom. The van der Waals surface area contributed by atoms with Gasteiger partial charge in [0.25, 0.3) is 0 Å². The summed E-state index contributed by atoms with van der Waals surface area (Å²) in [4.78, 5) is 22.0. The number of aromatic nitrogens is 4. The Morgan fingerprint density at radius 3 is 2.86 bits per heavy atom. The van der Waals surface area contributed by atoms with Gasteiger partial charge in [0.2, 0.25) is 0 Å². The SMILES string of the molecule is N#Cc1cnc(Nc2cc(C3CCC(OC(=O)N4CCC(C#N)C4)C3)[nH]n2)cn1. The molecule has 2 N–H and O–H groups in total. The highest BCUT2D eigenvalue weighted by Gasteiger charge is 2.33. The molecule has 2 fully saturated rings. The lowest BCUT2D eigenvalue weighted by atomic mass is 10.0. The van der Waals surface area contributed by atoms with Crippen molar-refractivity contribution in [2.75, 3.05) is 18.4 Å². The lowest BCUT2D eigenvalue weighted by Crippen LogP contribution is -2.32. The van der Waals surface area contributed by atoms with Gasteiger partial charge in [-0.25, -0.2) is 14.8 Å². The van der Waals surface area contributed by atoms with Crippen molar-refractivity contribution in [1.29, 1.82) is 10.5 Å². The summed E-state index contributed by atoms with van der Waals surface area (Å²) in [6, 6.07) is 6.04. The minimum Gasteiger partial charge on any atom is -0.446 e. The third-order valence-corrected chi connectivity index (χ3v) is 5.34. The number of amides is 1. The van der Waals surface area contributed by atoms with Crippen molar-refractivity contribution >= 4 is 17.7 Å². The normalized spacial score (nSPS) is 23.4. The highest BCUT2D eigenvalue weighted by atomic mass is 16.6. The van der Waals surface area contributed by atoms with E-state index in [-0.39, 0.29) is 29.7 Å². The number of likely N-dealkylation sites (tertiary alicyclic amines) is 1. The molecule has 4 rings (SSSR count). The van der Waals surface area contributed by atoms with Crippen molar-refractivity contribution in [3.63, 3.8) is 0 Å². The fourth-order valence-electron chi connectivity index (χ4n) is 3.77. The Bertz CT molecular complexity index is 958. The van der Waals surface area contributed by atoms with E-state index >= 15 is 0 Å². The average molecular weight is 392 g/mol. The molecule has 1 amide bonds. The fourth-order valence-corrected chi connectivity index (χ4v) is 3.77. The number of rotatable bonds is 4. The van der Waals surface area contributed by atoms with E-state index in [0.29, 0.717) is 31.1 Å². The van der Waals surface area contributed by atoms with Gasteiger partial charge < -0.3 is 15.0 Å². The molecule has 1 saturated heterocycles. The minimum atomic E-state index is -0.320. The Hall–Kier alpha value is -3.66. The number of nitriles is 2. The molecule has 10 heteroatoms. The van der Waals surface area contributed by atoms with Gasteiger partial charge in [-0.1, -0.05) is 0 Å². The van der Waals surface area contributed by atoms with Crippen LogP contribution in [0, 0.1) is 28.6 Å². The molecule has 2 aromatic rings. The maximum Gasteiger partial charge on any atom is 0.410 e. The lowest BCUT2D eigenvalue weighted by Gasteiger charge is -2.19. The molecular weight excluding hydrogens is 372 g/mol. The standard InChI is InChI=1S/C19H20N8O2/c20-7-12-3-4-27(11-12)19(28)29-15-2-1-13(5-15)16-6-17(26-25-16)24-18-10-22-14(8-21)9-23-18/h6,9-10,12-13,15H,1-5,11H2,(H2,23,24,25,26). The van der Waals surface area contributed by atoms with Crippen molar-refractivity contribution in [2.24, 2.45) is 5.92 Å². The largest absolute Gasteiger partial charge is 0.446 e. The van der Waals surface area contributed by atoms with E-state index in [0.717, 1.165) is 25.0 Å². The molecule has 148 valence electrons. The maximum absolute atomic E-state index is 12.3. The summed E-state index contributed by atoms with van der Waals surface area (Å²) in [5.74, 6) is 1.25. The molecule has 3 heterocycles. The molecule has 0 spiro atoms. The minimum absolute atomic E-state index is 0.0874. The van der Waals surface area contributed by atoms with Gasteiger partial charge in [-0.2, -0.15) is 15.6 Å². The van der Waals surface area contributed by atoms with Crippen LogP contribution in [0.4, 0.5) is 16.4 Å². The van der Waals surface area contributed by atoms with Gasteiger partial charge in [0.05, 0.1) is 24.4 Å². The summed E-state index contributed by atoms with van der Waals surface area (Å²) in [5.41, 5.74) is 1.22. The van der Waals surface area contributed by atoms with Gasteiger partial charge >= 0.3 is 6.09 Å². The summed E-state index contributed by atoms with van der Waals surface area (Å²) in [5, 5.41) is 28.1. The Kier molecular flexibility index (Phi) is 5.25. The smallest absolute Gasteiger partial charge is 0.410 e. The monoisotopic (exact) mass is 392 g/mol. The Morgan fingerprint density at radius 1 is 1.24 bits per heavy atom. The second kappa shape index (κ2) is 8.15. The molecule has 3 atom stereocenters. The third-order valence-electron chi connectivity index (χ3n) is 5.34. The Labute approximate surface area is 167 Å². The van der Waals surface area contributed by atoms with Crippen molar-refractivity contribution in [1.82, 2.24) is 25.1 Å². The zero-order chi connectivity index (χ0) is 20.2. The van der Waals surface area contributed by atoms with Crippen molar-refractivity contribution in [3.8, 4) is 12.1 Å². The van der Waals surface area contributed by atoms with Gasteiger partial charge in [0.15, 0.2) is 11.5 Å². The predicted molar refractivity (Wildman–Crippen MR) is 101 cm³/mol. The Balaban J connectivity index is 1.30. The van der Waals surface area contributed by atoms with Crippen molar-refractivity contribution in [2.45, 2.75) is 37.7 Å². The number of nitrogens with zero attached hydrogens (tertiary/aromatic N) is 6. The highest BCUT2D eigenvalue weighted by molar-refractivity contribution is 5.68. The number of hydrogen-bond acceptors (Lipinski definition) is 8. The van der Waals surface area contributed by atoms with E-state index in [1.807, 2.05) is 12.1 Å². The van der Waals surface area contributed by atoms with Crippen LogP contribution in [0.2, 0.25) is 0 Å². The first-order valence-electron chi connectivity index (χ1n) is 9.54. The molecular formula is C19H20N8O2. The summed E-state index contributed by atoms with van der Waals surface area (Å²) in [6.07, 6.45) is 5.58. The first-order chi connectivity index (χ1) is 14.1. The second-order valence-corrected chi connectivity index (χ2v) is 7.31. The van der Waals surface area contributed by atoms with Crippen LogP contribution in [0.15, 0.2) is 18.5 Å². The number of H-pyrrole nitrogens is 1. The van der Waals surface area contributed by atoms with Crippen LogP contribution in [-0.2, 0) is 4.74 Å². The molecule has 29 heavy (non-hydrogen) atoms. The van der Waals surface area contributed by atoms with Gasteiger partial charge in [-0.05, 0) is 25.7 Å². The summed E-state index contributed by atoms with van der Waals surface area (Å²) >= 11 is 0. The molecule has 0 radical (unpaired) electrons. The molecule has 10 nitrogen and oxygen atoms in total. The van der Waals surface area contributed by atoms with E-state index < -0.39 is 0 Å². The first-order valence-corrected chi connectivity index (χ1v) is 9.54. The van der Waals surface area contributed by atoms with Gasteiger partial charge in [-0.3, -0.25) is 5.10 Å². The zero-order valence-electron chi connectivity index (χ0n) is 15.7. The van der Waals surface area contributed by atoms with Crippen LogP contribution in [0.3, 0.4) is 0 Å². The summed E-state index contributed by atoms with van der Waals surface area (Å²) < 4.78 is 5.65. The molecule has 2 aromatic heterocycles. The number of hydrogen-bond donors (Lipinski definition) is 2. The summed E-state index contributed by atoms with van der Waals surface area (Å²) in [7, 11) is 0. The van der Waals surface area contributed by atoms with Crippen LogP contribution >= 0.6 is 0 Å². The molecule has 1 aliphatic heterocycles. The van der Waals surface area contributed by atoms with E-state index in [4.69, 9.17) is 15.3 Å². The average Bonchev–Trinajstić information content (AvgIpc) is 3.49. The third kappa shape index (κ3) is 4.27. The number of carbonyl (C=O) groups is 1. The zero-order valence-corrected chi connectivity index (χ0v) is 15.7. The van der Waals surface area contributed by atoms with Gasteiger partial charge in [0, 0.05) is 30.8 Å². The van der Waals surface area contributed by atoms with E-state index in [1.165, 1.54) is 12.4 Å². The number of nitrogens with one attached hydrogen (secondary N) is 2. The van der Waals surface area contributed by atoms with Crippen LogP contribution in [0.25, 0.3) is 0 Å². The number of carbonyl (C=O) groups excluding carboxylic acids is 1. The molecule has 1 saturated carbocycles. The number of anilines is 2. The van der Waals surface area contributed by atoms with Crippen LogP contribution in [0.5, 0.6) is 0 Å². The predicted octanol–water partition coefficient (Wildman–Crippen LogP) is 2.43. The van der Waals surface area contributed by atoms with Crippen LogP contribution in [0.1, 0.15) is 43.0 Å². The lowest BCUT2D eigenvalue weighted by molar-refractivity contribution is 0.0704. The summed E-state index contributed by atoms with van der Waals surface area (Å²) in [6.45, 7) is 1.04. The topological polar surface area (TPSA) is 144 Å². The van der Waals surface area contributed by atoms with Crippen LogP contribution < -0.4 is 5.32 Å². The number of aromatic amines is 1. The molecule has 3 unspecified atom stereocenters. The van der Waals surface area contributed by atoms with Crippen molar-refractivity contribution < 1.29 is 9.53 Å². The molecule has 1 aliphatic carbocycles. The molecule has 0 aromatic carbocycles. The van der Waals surface area contributed by atoms with E-state index in [2.05, 4.69) is 31.6 Å². The fraction of sp³-hybridized carbons (Fsp3) is 0.474. The highest BCUT2D eigenvalue weighted by Crippen LogP contribution is 2.36. The number of ether oxygens (including phenoxy) is 1. The van der Waals surface area contributed by atoms with Gasteiger partial charge in [-0.15, -0.1) is 0 Å². The van der Waals surface area contributed by atoms with Gasteiger partial charge in [0.1, 0.15) is 18.0 Å². The first kappa shape index (κ1) is 18.7.